The number of benzene rings is 2. The highest BCUT2D eigenvalue weighted by Gasteiger charge is 2.16. The largest absolute Gasteiger partial charge is 0.444 e. The van der Waals surface area contributed by atoms with Crippen LogP contribution >= 0.6 is 0 Å². The van der Waals surface area contributed by atoms with Crippen LogP contribution in [0.3, 0.4) is 0 Å². The third-order valence-electron chi connectivity index (χ3n) is 3.82. The number of carbonyl (C=O) groups is 1. The molecule has 0 unspecified atom stereocenters. The minimum Gasteiger partial charge on any atom is -0.444 e. The first-order chi connectivity index (χ1) is 10.9. The van der Waals surface area contributed by atoms with Crippen molar-refractivity contribution in [1.29, 1.82) is 0 Å². The van der Waals surface area contributed by atoms with Crippen LogP contribution in [0.5, 0.6) is 0 Å². The van der Waals surface area contributed by atoms with E-state index < -0.39 is 11.7 Å². The second kappa shape index (κ2) is 5.96. The number of ether oxygens (including phenoxy) is 1. The van der Waals surface area contributed by atoms with Crippen molar-refractivity contribution in [3.05, 3.63) is 47.0 Å². The average molecular weight is 307 g/mol. The lowest BCUT2D eigenvalue weighted by Crippen LogP contribution is -2.32. The molecule has 1 amide bonds. The van der Waals surface area contributed by atoms with Gasteiger partial charge in [-0.3, -0.25) is 0 Å². The number of amides is 1. The molecule has 23 heavy (non-hydrogen) atoms. The van der Waals surface area contributed by atoms with E-state index in [4.69, 9.17) is 4.74 Å². The Bertz CT molecular complexity index is 809. The molecule has 118 valence electrons. The SMILES string of the molecule is CC(C)(C)OC(=O)NCC#Cc1ccc2c3c(cccc13)CC2. The van der Waals surface area contributed by atoms with Crippen molar-refractivity contribution < 1.29 is 9.53 Å². The van der Waals surface area contributed by atoms with Crippen LogP contribution in [0.15, 0.2) is 30.3 Å². The summed E-state index contributed by atoms with van der Waals surface area (Å²) >= 11 is 0. The quantitative estimate of drug-likeness (QED) is 0.814. The predicted octanol–water partition coefficient (Wildman–Crippen LogP) is 3.81. The fourth-order valence-electron chi connectivity index (χ4n) is 2.93. The first-order valence-corrected chi connectivity index (χ1v) is 7.93. The topological polar surface area (TPSA) is 38.3 Å². The molecule has 1 N–H and O–H groups in total. The lowest BCUT2D eigenvalue weighted by Gasteiger charge is -2.19. The summed E-state index contributed by atoms with van der Waals surface area (Å²) in [6, 6.07) is 10.7. The maximum Gasteiger partial charge on any atom is 0.408 e. The summed E-state index contributed by atoms with van der Waals surface area (Å²) in [6.07, 6.45) is 1.79. The molecule has 0 saturated heterocycles. The summed E-state index contributed by atoms with van der Waals surface area (Å²) in [5.74, 6) is 6.18. The van der Waals surface area contributed by atoms with Crippen molar-refractivity contribution in [3.63, 3.8) is 0 Å². The van der Waals surface area contributed by atoms with E-state index in [1.807, 2.05) is 20.8 Å². The molecule has 3 heteroatoms. The van der Waals surface area contributed by atoms with E-state index >= 15 is 0 Å². The highest BCUT2D eigenvalue weighted by molar-refractivity contribution is 5.95. The fraction of sp³-hybridized carbons (Fsp3) is 0.350. The van der Waals surface area contributed by atoms with Gasteiger partial charge in [0.15, 0.2) is 0 Å². The Morgan fingerprint density at radius 1 is 1.17 bits per heavy atom. The number of carbonyl (C=O) groups excluding carboxylic acids is 1. The van der Waals surface area contributed by atoms with Gasteiger partial charge in [0.05, 0.1) is 6.54 Å². The minimum absolute atomic E-state index is 0.276. The zero-order chi connectivity index (χ0) is 16.4. The van der Waals surface area contributed by atoms with E-state index in [9.17, 15) is 4.79 Å². The van der Waals surface area contributed by atoms with Crippen molar-refractivity contribution in [1.82, 2.24) is 5.32 Å². The monoisotopic (exact) mass is 307 g/mol. The van der Waals surface area contributed by atoms with E-state index in [1.165, 1.54) is 21.9 Å². The van der Waals surface area contributed by atoms with Crippen LogP contribution in [0, 0.1) is 11.8 Å². The van der Waals surface area contributed by atoms with Gasteiger partial charge in [-0.2, -0.15) is 0 Å². The second-order valence-corrected chi connectivity index (χ2v) is 6.77. The third-order valence-corrected chi connectivity index (χ3v) is 3.82. The van der Waals surface area contributed by atoms with Crippen molar-refractivity contribution in [2.45, 2.75) is 39.2 Å². The van der Waals surface area contributed by atoms with Gasteiger partial charge >= 0.3 is 6.09 Å². The Morgan fingerprint density at radius 3 is 2.65 bits per heavy atom. The van der Waals surface area contributed by atoms with E-state index in [1.54, 1.807) is 0 Å². The van der Waals surface area contributed by atoms with E-state index in [-0.39, 0.29) is 6.54 Å². The molecule has 0 bridgehead atoms. The molecule has 0 aliphatic heterocycles. The number of alkyl carbamates (subject to hydrolysis) is 1. The number of rotatable bonds is 1. The van der Waals surface area contributed by atoms with Gasteiger partial charge in [-0.15, -0.1) is 0 Å². The predicted molar refractivity (Wildman–Crippen MR) is 92.5 cm³/mol. The van der Waals surface area contributed by atoms with Gasteiger partial charge in [0.2, 0.25) is 0 Å². The molecule has 1 aliphatic carbocycles. The molecule has 3 rings (SSSR count). The lowest BCUT2D eigenvalue weighted by atomic mass is 10.0. The van der Waals surface area contributed by atoms with Crippen LogP contribution in [0.4, 0.5) is 4.79 Å². The Labute approximate surface area is 137 Å². The molecular formula is C20H21NO2. The summed E-state index contributed by atoms with van der Waals surface area (Å²) in [5, 5.41) is 5.23. The average Bonchev–Trinajstić information content (AvgIpc) is 2.89. The van der Waals surface area contributed by atoms with Gasteiger partial charge in [0.25, 0.3) is 0 Å². The molecular weight excluding hydrogens is 286 g/mol. The first-order valence-electron chi connectivity index (χ1n) is 7.93. The number of hydrogen-bond donors (Lipinski definition) is 1. The van der Waals surface area contributed by atoms with E-state index in [0.717, 1.165) is 18.4 Å². The third kappa shape index (κ3) is 3.48. The molecule has 0 heterocycles. The van der Waals surface area contributed by atoms with Crippen molar-refractivity contribution in [2.24, 2.45) is 0 Å². The molecule has 2 aromatic carbocycles. The minimum atomic E-state index is -0.491. The molecule has 2 aromatic rings. The van der Waals surface area contributed by atoms with Crippen molar-refractivity contribution in [3.8, 4) is 11.8 Å². The van der Waals surface area contributed by atoms with Gasteiger partial charge < -0.3 is 10.1 Å². The zero-order valence-electron chi connectivity index (χ0n) is 13.8. The molecule has 1 aliphatic rings. The second-order valence-electron chi connectivity index (χ2n) is 6.77. The van der Waals surface area contributed by atoms with Gasteiger partial charge in [-0.25, -0.2) is 4.79 Å². The molecule has 3 nitrogen and oxygen atoms in total. The maximum atomic E-state index is 11.6. The Balaban J connectivity index is 1.73. The molecule has 0 atom stereocenters. The summed E-state index contributed by atoms with van der Waals surface area (Å²) in [7, 11) is 0. The van der Waals surface area contributed by atoms with Gasteiger partial charge in [-0.1, -0.05) is 36.1 Å². The summed E-state index contributed by atoms with van der Waals surface area (Å²) < 4.78 is 5.18. The standard InChI is InChI=1S/C20H21NO2/c1-20(2,3)23-19(22)21-13-5-7-14-9-10-16-12-11-15-6-4-8-17(14)18(15)16/h4,6,8-10H,11-13H2,1-3H3,(H,21,22). The number of hydrogen-bond acceptors (Lipinski definition) is 2. The van der Waals surface area contributed by atoms with Crippen LogP contribution in [-0.2, 0) is 17.6 Å². The van der Waals surface area contributed by atoms with Crippen LogP contribution in [0.1, 0.15) is 37.5 Å². The number of aryl methyl sites for hydroxylation is 2. The van der Waals surface area contributed by atoms with Crippen LogP contribution in [0.2, 0.25) is 0 Å². The molecule has 0 radical (unpaired) electrons. The first kappa shape index (κ1) is 15.4. The smallest absolute Gasteiger partial charge is 0.408 e. The molecule has 0 aromatic heterocycles. The van der Waals surface area contributed by atoms with Gasteiger partial charge in [-0.05, 0) is 61.6 Å². The highest BCUT2D eigenvalue weighted by Crippen LogP contribution is 2.32. The lowest BCUT2D eigenvalue weighted by molar-refractivity contribution is 0.0535. The van der Waals surface area contributed by atoms with Crippen LogP contribution in [0.25, 0.3) is 10.8 Å². The van der Waals surface area contributed by atoms with Crippen molar-refractivity contribution in [2.75, 3.05) is 6.54 Å². The summed E-state index contributed by atoms with van der Waals surface area (Å²) in [5.41, 5.74) is 3.34. The highest BCUT2D eigenvalue weighted by atomic mass is 16.6. The van der Waals surface area contributed by atoms with Crippen molar-refractivity contribution >= 4 is 16.9 Å². The Kier molecular flexibility index (Phi) is 4.00. The van der Waals surface area contributed by atoms with E-state index in [2.05, 4.69) is 47.5 Å². The van der Waals surface area contributed by atoms with Crippen LogP contribution < -0.4 is 5.32 Å². The molecule has 0 spiro atoms. The van der Waals surface area contributed by atoms with E-state index in [0.29, 0.717) is 0 Å². The normalized spacial score (nSPS) is 12.7. The molecule has 0 fully saturated rings. The van der Waals surface area contributed by atoms with Crippen LogP contribution in [-0.4, -0.2) is 18.2 Å². The fourth-order valence-corrected chi connectivity index (χ4v) is 2.93. The Hall–Kier alpha value is -2.47. The molecule has 0 saturated carbocycles. The Morgan fingerprint density at radius 2 is 1.91 bits per heavy atom. The maximum absolute atomic E-state index is 11.6. The summed E-state index contributed by atoms with van der Waals surface area (Å²) in [6.45, 7) is 5.79. The summed E-state index contributed by atoms with van der Waals surface area (Å²) in [4.78, 5) is 11.6. The van der Waals surface area contributed by atoms with Gasteiger partial charge in [0.1, 0.15) is 5.60 Å². The van der Waals surface area contributed by atoms with Gasteiger partial charge in [0, 0.05) is 5.56 Å². The number of nitrogens with one attached hydrogen (secondary N) is 1. The zero-order valence-corrected chi connectivity index (χ0v) is 13.8.